The fourth-order valence-corrected chi connectivity index (χ4v) is 7.75. The summed E-state index contributed by atoms with van der Waals surface area (Å²) < 4.78 is 71.0. The Hall–Kier alpha value is -2.69. The first-order valence-electron chi connectivity index (χ1n) is 12.7. The molecule has 45 heavy (non-hydrogen) atoms. The van der Waals surface area contributed by atoms with E-state index >= 15 is 13.2 Å². The number of hydrogen-bond acceptors (Lipinski definition) is 15. The van der Waals surface area contributed by atoms with Gasteiger partial charge in [0.15, 0.2) is 54.7 Å². The highest BCUT2D eigenvalue weighted by atomic mass is 32.5. The van der Waals surface area contributed by atoms with E-state index in [9.17, 15) is 19.7 Å². The molecule has 0 aromatic carbocycles. The standard InChI is InChI=1S/C20H23F3N10O8P2S2/c21-19(33-6-29-9-13(24)26-4-27-14(9)33)3-38-7(11(19)34)2-43(37,45)41-12-17(40-8(20(12,22)23)1-39-42(36)44)32-5-28-10-15(32)30-18(25)31-16(10)35/h4-8,11-12,17,34,42H,1-3H2,(H,36,44)(H,37,45)(H2,24,26,27)(H3,25,30,31,35)/t7-,8-,11-,12+,17-,19-,43?/m1/s1. The van der Waals surface area contributed by atoms with Crippen molar-refractivity contribution in [3.8, 4) is 0 Å². The molecule has 2 aliphatic rings. The van der Waals surface area contributed by atoms with Crippen LogP contribution in [-0.2, 0) is 47.9 Å². The van der Waals surface area contributed by atoms with E-state index < -0.39 is 80.9 Å². The fraction of sp³-hybridized carbons (Fsp3) is 0.500. The van der Waals surface area contributed by atoms with Gasteiger partial charge in [-0.2, -0.15) is 4.98 Å². The van der Waals surface area contributed by atoms with Gasteiger partial charge in [0.2, 0.25) is 11.7 Å². The van der Waals surface area contributed by atoms with Crippen molar-refractivity contribution in [2.75, 3.05) is 30.8 Å². The molecule has 244 valence electrons. The summed E-state index contributed by atoms with van der Waals surface area (Å²) in [4.78, 5) is 54.6. The van der Waals surface area contributed by atoms with Gasteiger partial charge < -0.3 is 44.9 Å². The molecule has 0 spiro atoms. The summed E-state index contributed by atoms with van der Waals surface area (Å²) in [6, 6.07) is 0. The largest absolute Gasteiger partial charge is 0.385 e. The van der Waals surface area contributed by atoms with Crippen LogP contribution in [0.25, 0.3) is 22.3 Å². The Labute approximate surface area is 259 Å². The third kappa shape index (κ3) is 5.65. The molecule has 0 amide bonds. The van der Waals surface area contributed by atoms with E-state index in [4.69, 9.17) is 41.8 Å². The number of imidazole rings is 2. The lowest BCUT2D eigenvalue weighted by molar-refractivity contribution is -0.114. The zero-order valence-electron chi connectivity index (χ0n) is 22.3. The summed E-state index contributed by atoms with van der Waals surface area (Å²) in [6.45, 7) is -6.02. The highest BCUT2D eigenvalue weighted by molar-refractivity contribution is 8.09. The van der Waals surface area contributed by atoms with Gasteiger partial charge in [0.1, 0.15) is 24.6 Å². The molecule has 6 rings (SSSR count). The van der Waals surface area contributed by atoms with E-state index in [0.717, 1.165) is 28.1 Å². The van der Waals surface area contributed by atoms with Gasteiger partial charge in [-0.3, -0.25) is 18.9 Å². The predicted molar refractivity (Wildman–Crippen MR) is 156 cm³/mol. The second kappa shape index (κ2) is 11.5. The van der Waals surface area contributed by atoms with Crippen molar-refractivity contribution in [2.24, 2.45) is 0 Å². The average Bonchev–Trinajstić information content (AvgIpc) is 3.70. The van der Waals surface area contributed by atoms with Gasteiger partial charge in [0.25, 0.3) is 5.56 Å². The number of nitrogens with one attached hydrogen (secondary N) is 1. The second-order valence-corrected chi connectivity index (χ2v) is 15.5. The number of nitrogens with zero attached hydrogens (tertiary/aromatic N) is 7. The number of H-pyrrole nitrogens is 1. The second-order valence-electron chi connectivity index (χ2n) is 10.0. The minimum Gasteiger partial charge on any atom is -0.385 e. The zero-order valence-corrected chi connectivity index (χ0v) is 25.8. The summed E-state index contributed by atoms with van der Waals surface area (Å²) in [5, 5.41) is 11.0. The molecule has 8 N–H and O–H groups in total. The van der Waals surface area contributed by atoms with Crippen LogP contribution >= 0.6 is 13.6 Å². The van der Waals surface area contributed by atoms with Gasteiger partial charge in [-0.25, -0.2) is 33.1 Å². The van der Waals surface area contributed by atoms with Gasteiger partial charge in [0, 0.05) is 0 Å². The van der Waals surface area contributed by atoms with Gasteiger partial charge in [-0.15, -0.1) is 0 Å². The molecule has 2 fully saturated rings. The first kappa shape index (κ1) is 32.3. The number of nitrogen functional groups attached to an aromatic ring is 2. The number of fused-ring (bicyclic) bond motifs is 2. The van der Waals surface area contributed by atoms with Gasteiger partial charge in [-0.1, -0.05) is 0 Å². The number of halogens is 3. The topological polar surface area (TPSA) is 257 Å². The quantitative estimate of drug-likeness (QED) is 0.116. The van der Waals surface area contributed by atoms with E-state index in [2.05, 4.69) is 41.7 Å². The number of nitrogens with two attached hydrogens (primary N) is 2. The molecular weight excluding hydrogens is 691 g/mol. The number of hydrogen-bond donors (Lipinski definition) is 6. The molecule has 6 heterocycles. The van der Waals surface area contributed by atoms with Crippen LogP contribution in [0.3, 0.4) is 0 Å². The lowest BCUT2D eigenvalue weighted by atomic mass is 10.1. The van der Waals surface area contributed by atoms with E-state index in [1.807, 2.05) is 0 Å². The lowest BCUT2D eigenvalue weighted by Gasteiger charge is -2.30. The van der Waals surface area contributed by atoms with Crippen molar-refractivity contribution in [2.45, 2.75) is 42.4 Å². The molecule has 4 aromatic rings. The summed E-state index contributed by atoms with van der Waals surface area (Å²) in [6.07, 6.45) is -7.57. The molecule has 4 aromatic heterocycles. The summed E-state index contributed by atoms with van der Waals surface area (Å²) in [5.41, 5.74) is 10.1. The van der Waals surface area contributed by atoms with Crippen molar-refractivity contribution in [3.63, 3.8) is 0 Å². The normalized spacial score (nSPS) is 30.2. The molecule has 18 nitrogen and oxygen atoms in total. The van der Waals surface area contributed by atoms with Crippen LogP contribution in [0, 0.1) is 0 Å². The number of aliphatic hydroxyl groups is 1. The molecule has 0 radical (unpaired) electrons. The van der Waals surface area contributed by atoms with E-state index in [1.54, 1.807) is 0 Å². The number of ether oxygens (including phenoxy) is 2. The van der Waals surface area contributed by atoms with Crippen molar-refractivity contribution >= 4 is 71.4 Å². The number of rotatable bonds is 9. The van der Waals surface area contributed by atoms with Crippen LogP contribution in [0.15, 0.2) is 23.8 Å². The van der Waals surface area contributed by atoms with E-state index in [-0.39, 0.29) is 34.1 Å². The molecular formula is C20H23F3N10O8P2S2. The molecule has 2 saturated heterocycles. The molecule has 8 atom stereocenters. The highest BCUT2D eigenvalue weighted by Gasteiger charge is 2.63. The summed E-state index contributed by atoms with van der Waals surface area (Å²) in [7, 11) is -2.83. The first-order valence-corrected chi connectivity index (χ1v) is 18.0. The fourth-order valence-electron chi connectivity index (χ4n) is 5.09. The Kier molecular flexibility index (Phi) is 8.26. The van der Waals surface area contributed by atoms with Crippen molar-refractivity contribution in [3.05, 3.63) is 29.3 Å². The van der Waals surface area contributed by atoms with Gasteiger partial charge >= 0.3 is 5.92 Å². The molecule has 2 aliphatic heterocycles. The van der Waals surface area contributed by atoms with Gasteiger partial charge in [0.05, 0.1) is 31.5 Å². The SMILES string of the molecule is Nc1nc2c(ncn2[C@@H]2O[C@H](CO[PH](O)=S)C(F)(F)[C@H]2OP(O)(=S)C[C@H]2OC[C@@](F)(n3cnc4c(N)ncnc43)[C@@H]2O)c(=O)[nH]1. The van der Waals surface area contributed by atoms with Crippen LogP contribution in [0.1, 0.15) is 6.23 Å². The predicted octanol–water partition coefficient (Wildman–Crippen LogP) is -0.759. The molecule has 0 saturated carbocycles. The Balaban J connectivity index is 1.29. The Morgan fingerprint density at radius 2 is 1.93 bits per heavy atom. The smallest absolute Gasteiger partial charge is 0.306 e. The van der Waals surface area contributed by atoms with Crippen LogP contribution in [0.5, 0.6) is 0 Å². The van der Waals surface area contributed by atoms with E-state index in [1.165, 1.54) is 0 Å². The number of aromatic nitrogens is 8. The number of aromatic amines is 1. The maximum Gasteiger partial charge on any atom is 0.306 e. The van der Waals surface area contributed by atoms with Crippen molar-refractivity contribution in [1.29, 1.82) is 0 Å². The molecule has 0 bridgehead atoms. The third-order valence-electron chi connectivity index (χ3n) is 7.21. The van der Waals surface area contributed by atoms with Crippen molar-refractivity contribution < 1.29 is 46.6 Å². The monoisotopic (exact) mass is 714 g/mol. The van der Waals surface area contributed by atoms with Crippen molar-refractivity contribution in [1.82, 2.24) is 39.0 Å². The Morgan fingerprint density at radius 1 is 1.20 bits per heavy atom. The minimum atomic E-state index is -4.38. The molecule has 2 unspecified atom stereocenters. The first-order chi connectivity index (χ1) is 21.1. The summed E-state index contributed by atoms with van der Waals surface area (Å²) in [5.74, 6) is -7.05. The highest BCUT2D eigenvalue weighted by Crippen LogP contribution is 2.55. The number of aliphatic hydroxyl groups excluding tert-OH is 1. The minimum absolute atomic E-state index is 0.0402. The molecule has 0 aliphatic carbocycles. The number of alkyl halides is 3. The zero-order chi connectivity index (χ0) is 32.5. The average molecular weight is 715 g/mol. The Morgan fingerprint density at radius 3 is 2.67 bits per heavy atom. The van der Waals surface area contributed by atoms with Crippen LogP contribution in [0.2, 0.25) is 0 Å². The van der Waals surface area contributed by atoms with Crippen LogP contribution < -0.4 is 17.0 Å². The number of anilines is 2. The van der Waals surface area contributed by atoms with E-state index in [0.29, 0.717) is 0 Å². The summed E-state index contributed by atoms with van der Waals surface area (Å²) >= 11 is 9.76. The van der Waals surface area contributed by atoms with Crippen LogP contribution in [0.4, 0.5) is 24.9 Å². The van der Waals surface area contributed by atoms with Gasteiger partial charge in [-0.05, 0) is 23.6 Å². The Bertz CT molecular complexity index is 1920. The molecule has 25 heteroatoms. The maximum absolute atomic E-state index is 16.2. The van der Waals surface area contributed by atoms with Crippen LogP contribution in [-0.4, -0.2) is 104 Å². The lowest BCUT2D eigenvalue weighted by Crippen LogP contribution is -2.44. The maximum atomic E-state index is 16.2. The third-order valence-corrected chi connectivity index (χ3v) is 10.1.